The zero-order chi connectivity index (χ0) is 21.0. The summed E-state index contributed by atoms with van der Waals surface area (Å²) in [6.45, 7) is 4.93. The van der Waals surface area contributed by atoms with Gasteiger partial charge in [0.1, 0.15) is 0 Å². The van der Waals surface area contributed by atoms with Crippen molar-refractivity contribution in [1.82, 2.24) is 0 Å². The summed E-state index contributed by atoms with van der Waals surface area (Å²) in [4.78, 5) is 12.2. The minimum Gasteiger partial charge on any atom is -0.465 e. The molecule has 0 atom stereocenters. The first-order valence-electron chi connectivity index (χ1n) is 12.1. The highest BCUT2D eigenvalue weighted by atomic mass is 16.5. The molecular weight excluding hydrogens is 360 g/mol. The predicted octanol–water partition coefficient (Wildman–Crippen LogP) is 6.70. The number of esters is 1. The Balaban J connectivity index is 1.74. The summed E-state index contributed by atoms with van der Waals surface area (Å²) in [7, 11) is 0. The SMILES string of the molecule is CCCCCCCCc1ccc(C2(O)CCC(C(=O)OCCCCC)CC2)cc1. The van der Waals surface area contributed by atoms with Gasteiger partial charge in [-0.25, -0.2) is 0 Å². The Hall–Kier alpha value is -1.35. The van der Waals surface area contributed by atoms with E-state index in [0.29, 0.717) is 32.3 Å². The normalized spacial score (nSPS) is 21.8. The van der Waals surface area contributed by atoms with Crippen LogP contribution in [-0.4, -0.2) is 17.7 Å². The van der Waals surface area contributed by atoms with E-state index >= 15 is 0 Å². The Morgan fingerprint density at radius 3 is 2.17 bits per heavy atom. The molecule has 1 saturated carbocycles. The molecule has 0 saturated heterocycles. The first kappa shape index (κ1) is 23.9. The molecule has 0 amide bonds. The van der Waals surface area contributed by atoms with Crippen molar-refractivity contribution >= 4 is 5.97 Å². The molecule has 0 bridgehead atoms. The standard InChI is InChI=1S/C26H42O3/c1-3-5-7-8-9-10-12-22-13-15-24(16-14-22)26(28)19-17-23(18-20-26)25(27)29-21-11-6-4-2/h13-16,23,28H,3-12,17-21H2,1-2H3. The molecule has 0 aliphatic heterocycles. The second-order valence-electron chi connectivity index (χ2n) is 8.90. The van der Waals surface area contributed by atoms with Crippen LogP contribution in [0.1, 0.15) is 108 Å². The van der Waals surface area contributed by atoms with Crippen LogP contribution in [0.4, 0.5) is 0 Å². The number of benzene rings is 1. The highest BCUT2D eigenvalue weighted by Crippen LogP contribution is 2.40. The molecule has 2 rings (SSSR count). The van der Waals surface area contributed by atoms with Gasteiger partial charge >= 0.3 is 5.97 Å². The molecule has 3 nitrogen and oxygen atoms in total. The number of ether oxygens (including phenoxy) is 1. The molecule has 0 radical (unpaired) electrons. The molecule has 1 fully saturated rings. The van der Waals surface area contributed by atoms with Crippen LogP contribution >= 0.6 is 0 Å². The van der Waals surface area contributed by atoms with E-state index in [0.717, 1.165) is 31.2 Å². The summed E-state index contributed by atoms with van der Waals surface area (Å²) >= 11 is 0. The van der Waals surface area contributed by atoms with E-state index in [1.807, 2.05) is 0 Å². The summed E-state index contributed by atoms with van der Waals surface area (Å²) in [5, 5.41) is 11.1. The Morgan fingerprint density at radius 1 is 0.931 bits per heavy atom. The third-order valence-electron chi connectivity index (χ3n) is 6.45. The number of rotatable bonds is 13. The number of hydrogen-bond acceptors (Lipinski definition) is 3. The quantitative estimate of drug-likeness (QED) is 0.295. The number of aryl methyl sites for hydroxylation is 1. The van der Waals surface area contributed by atoms with E-state index in [4.69, 9.17) is 4.74 Å². The monoisotopic (exact) mass is 402 g/mol. The van der Waals surface area contributed by atoms with E-state index < -0.39 is 5.60 Å². The van der Waals surface area contributed by atoms with Crippen molar-refractivity contribution in [3.05, 3.63) is 35.4 Å². The second-order valence-corrected chi connectivity index (χ2v) is 8.90. The first-order chi connectivity index (χ1) is 14.1. The summed E-state index contributed by atoms with van der Waals surface area (Å²) in [6.07, 6.45) is 14.9. The molecule has 1 N–H and O–H groups in total. The molecule has 0 spiro atoms. The van der Waals surface area contributed by atoms with Crippen molar-refractivity contribution in [2.45, 2.75) is 109 Å². The number of carbonyl (C=O) groups excluding carboxylic acids is 1. The molecule has 1 aromatic carbocycles. The van der Waals surface area contributed by atoms with Crippen molar-refractivity contribution < 1.29 is 14.6 Å². The molecule has 0 unspecified atom stereocenters. The van der Waals surface area contributed by atoms with Gasteiger partial charge in [0, 0.05) is 0 Å². The maximum absolute atomic E-state index is 12.2. The fourth-order valence-corrected chi connectivity index (χ4v) is 4.35. The van der Waals surface area contributed by atoms with Gasteiger partial charge in [-0.2, -0.15) is 0 Å². The molecule has 1 aromatic rings. The van der Waals surface area contributed by atoms with Crippen LogP contribution in [0.3, 0.4) is 0 Å². The molecule has 0 aromatic heterocycles. The van der Waals surface area contributed by atoms with Gasteiger partial charge in [-0.15, -0.1) is 0 Å². The lowest BCUT2D eigenvalue weighted by molar-refractivity contribution is -0.152. The predicted molar refractivity (Wildman–Crippen MR) is 120 cm³/mol. The van der Waals surface area contributed by atoms with Gasteiger partial charge in [0.2, 0.25) is 0 Å². The third kappa shape index (κ3) is 8.12. The highest BCUT2D eigenvalue weighted by molar-refractivity contribution is 5.72. The minimum absolute atomic E-state index is 0.0520. The zero-order valence-corrected chi connectivity index (χ0v) is 18.8. The first-order valence-corrected chi connectivity index (χ1v) is 12.1. The number of aliphatic hydroxyl groups is 1. The van der Waals surface area contributed by atoms with Crippen LogP contribution < -0.4 is 0 Å². The average molecular weight is 403 g/mol. The van der Waals surface area contributed by atoms with Gasteiger partial charge in [0.05, 0.1) is 18.1 Å². The maximum atomic E-state index is 12.2. The lowest BCUT2D eigenvalue weighted by Gasteiger charge is -2.35. The van der Waals surface area contributed by atoms with E-state index in [1.165, 1.54) is 44.1 Å². The average Bonchev–Trinajstić information content (AvgIpc) is 2.74. The van der Waals surface area contributed by atoms with Crippen LogP contribution in [0, 0.1) is 5.92 Å². The van der Waals surface area contributed by atoms with Gasteiger partial charge in [-0.05, 0) is 56.1 Å². The van der Waals surface area contributed by atoms with Crippen molar-refractivity contribution in [1.29, 1.82) is 0 Å². The highest BCUT2D eigenvalue weighted by Gasteiger charge is 2.37. The number of hydrogen-bond donors (Lipinski definition) is 1. The topological polar surface area (TPSA) is 46.5 Å². The minimum atomic E-state index is -0.794. The van der Waals surface area contributed by atoms with Crippen molar-refractivity contribution in [3.8, 4) is 0 Å². The van der Waals surface area contributed by atoms with Gasteiger partial charge < -0.3 is 9.84 Å². The lowest BCUT2D eigenvalue weighted by Crippen LogP contribution is -2.34. The fraction of sp³-hybridized carbons (Fsp3) is 0.731. The van der Waals surface area contributed by atoms with E-state index in [2.05, 4.69) is 38.1 Å². The van der Waals surface area contributed by atoms with Crippen LogP contribution in [0.15, 0.2) is 24.3 Å². The van der Waals surface area contributed by atoms with E-state index in [1.54, 1.807) is 0 Å². The largest absolute Gasteiger partial charge is 0.465 e. The molecule has 29 heavy (non-hydrogen) atoms. The smallest absolute Gasteiger partial charge is 0.308 e. The van der Waals surface area contributed by atoms with E-state index in [9.17, 15) is 9.90 Å². The Kier molecular flexibility index (Phi) is 10.8. The van der Waals surface area contributed by atoms with Crippen LogP contribution in [-0.2, 0) is 21.6 Å². The lowest BCUT2D eigenvalue weighted by atomic mass is 9.75. The molecule has 3 heteroatoms. The van der Waals surface area contributed by atoms with Gasteiger partial charge in [-0.1, -0.05) is 83.1 Å². The molecular formula is C26H42O3. The Labute approximate surface area is 178 Å². The molecule has 1 aliphatic carbocycles. The third-order valence-corrected chi connectivity index (χ3v) is 6.45. The van der Waals surface area contributed by atoms with Crippen molar-refractivity contribution in [2.75, 3.05) is 6.61 Å². The van der Waals surface area contributed by atoms with Gasteiger partial charge in [-0.3, -0.25) is 4.79 Å². The molecule has 1 aliphatic rings. The number of carbonyl (C=O) groups is 1. The van der Waals surface area contributed by atoms with Gasteiger partial charge in [0.15, 0.2) is 0 Å². The van der Waals surface area contributed by atoms with Gasteiger partial charge in [0.25, 0.3) is 0 Å². The van der Waals surface area contributed by atoms with Crippen LogP contribution in [0.2, 0.25) is 0 Å². The molecule has 164 valence electrons. The van der Waals surface area contributed by atoms with Crippen molar-refractivity contribution in [3.63, 3.8) is 0 Å². The fourth-order valence-electron chi connectivity index (χ4n) is 4.35. The summed E-state index contributed by atoms with van der Waals surface area (Å²) in [5.41, 5.74) is 1.56. The molecule has 0 heterocycles. The summed E-state index contributed by atoms with van der Waals surface area (Å²) in [5.74, 6) is -0.124. The number of unbranched alkanes of at least 4 members (excludes halogenated alkanes) is 7. The summed E-state index contributed by atoms with van der Waals surface area (Å²) in [6, 6.07) is 8.53. The maximum Gasteiger partial charge on any atom is 0.308 e. The van der Waals surface area contributed by atoms with Crippen LogP contribution in [0.5, 0.6) is 0 Å². The Bertz CT molecular complexity index is 570. The second kappa shape index (κ2) is 13.1. The van der Waals surface area contributed by atoms with E-state index in [-0.39, 0.29) is 11.9 Å². The Morgan fingerprint density at radius 2 is 1.52 bits per heavy atom. The van der Waals surface area contributed by atoms with Crippen molar-refractivity contribution in [2.24, 2.45) is 5.92 Å². The summed E-state index contributed by atoms with van der Waals surface area (Å²) < 4.78 is 5.42. The zero-order valence-electron chi connectivity index (χ0n) is 18.8. The van der Waals surface area contributed by atoms with Crippen LogP contribution in [0.25, 0.3) is 0 Å².